The van der Waals surface area contributed by atoms with Crippen LogP contribution in [0.1, 0.15) is 41.3 Å². The molecule has 184 valence electrons. The fourth-order valence-electron chi connectivity index (χ4n) is 3.76. The zero-order chi connectivity index (χ0) is 25.7. The number of nitrogen functional groups attached to an aromatic ring is 2. The Hall–Kier alpha value is -4.48. The van der Waals surface area contributed by atoms with E-state index >= 15 is 0 Å². The summed E-state index contributed by atoms with van der Waals surface area (Å²) >= 11 is 0. The molecule has 1 aromatic carbocycles. The maximum absolute atomic E-state index is 12.5. The topological polar surface area (TPSA) is 198 Å². The van der Waals surface area contributed by atoms with Crippen LogP contribution in [-0.4, -0.2) is 56.1 Å². The number of pyridine rings is 1. The lowest BCUT2D eigenvalue weighted by Gasteiger charge is -2.22. The van der Waals surface area contributed by atoms with Gasteiger partial charge in [-0.15, -0.1) is 0 Å². The second-order valence-electron chi connectivity index (χ2n) is 7.98. The number of nitrogens with two attached hydrogens (primary N) is 2. The number of aliphatic carboxylic acids is 2. The van der Waals surface area contributed by atoms with Gasteiger partial charge in [0.1, 0.15) is 11.9 Å². The molecule has 0 unspecified atom stereocenters. The van der Waals surface area contributed by atoms with Gasteiger partial charge >= 0.3 is 11.9 Å². The number of aromatic nitrogens is 3. The number of benzene rings is 1. The molecule has 0 aliphatic carbocycles. The lowest BCUT2D eigenvalue weighted by molar-refractivity contribution is -0.140. The summed E-state index contributed by atoms with van der Waals surface area (Å²) in [6.45, 7) is 2.50. The van der Waals surface area contributed by atoms with Crippen LogP contribution in [0.5, 0.6) is 0 Å². The molecule has 2 aromatic heterocycles. The normalized spacial score (nSPS) is 11.7. The number of hydrogen-bond donors (Lipinski definition) is 5. The predicted octanol–water partition coefficient (Wildman–Crippen LogP) is 1.44. The number of nitrogens with zero attached hydrogens (tertiary/aromatic N) is 4. The van der Waals surface area contributed by atoms with Gasteiger partial charge in [0.15, 0.2) is 5.65 Å². The van der Waals surface area contributed by atoms with Crippen molar-refractivity contribution in [1.82, 2.24) is 20.3 Å². The molecule has 0 aliphatic rings. The third-order valence-corrected chi connectivity index (χ3v) is 5.55. The highest BCUT2D eigenvalue weighted by Crippen LogP contribution is 2.27. The van der Waals surface area contributed by atoms with Crippen LogP contribution >= 0.6 is 0 Å². The first-order valence-corrected chi connectivity index (χ1v) is 10.9. The van der Waals surface area contributed by atoms with Crippen LogP contribution in [0.25, 0.3) is 11.0 Å². The van der Waals surface area contributed by atoms with Gasteiger partial charge < -0.3 is 31.9 Å². The van der Waals surface area contributed by atoms with Gasteiger partial charge in [0.2, 0.25) is 5.95 Å². The van der Waals surface area contributed by atoms with Crippen molar-refractivity contribution in [2.24, 2.45) is 0 Å². The van der Waals surface area contributed by atoms with Crippen LogP contribution in [0.2, 0.25) is 0 Å². The number of carbonyl (C=O) groups excluding carboxylic acids is 1. The van der Waals surface area contributed by atoms with Crippen LogP contribution in [-0.2, 0) is 22.6 Å². The number of aryl methyl sites for hydroxylation is 1. The van der Waals surface area contributed by atoms with E-state index in [-0.39, 0.29) is 30.2 Å². The zero-order valence-corrected chi connectivity index (χ0v) is 19.4. The summed E-state index contributed by atoms with van der Waals surface area (Å²) in [4.78, 5) is 49.1. The molecule has 12 nitrogen and oxygen atoms in total. The standard InChI is InChI=1S/C23H27N7O5/c1-3-15-13(10-26-20-18(15)19(24)28-23(25)29-20)11-30(2)14-6-4-12(5-7-14)21(33)27-16(22(34)35)8-9-17(31)32/h4-7,10,16H,3,8-9,11H2,1-2H3,(H,27,33)(H,31,32)(H,34,35)(H4,24,25,26,28,29)/t16-/m0/s1. The number of rotatable bonds is 10. The summed E-state index contributed by atoms with van der Waals surface area (Å²) in [5.74, 6) is -2.68. The van der Waals surface area contributed by atoms with E-state index in [1.165, 1.54) is 0 Å². The molecule has 0 radical (unpaired) electrons. The zero-order valence-electron chi connectivity index (χ0n) is 19.4. The summed E-state index contributed by atoms with van der Waals surface area (Å²) in [6, 6.07) is 5.33. The molecule has 7 N–H and O–H groups in total. The van der Waals surface area contributed by atoms with E-state index < -0.39 is 23.9 Å². The second kappa shape index (κ2) is 10.6. The van der Waals surface area contributed by atoms with Crippen LogP contribution in [0.15, 0.2) is 30.5 Å². The van der Waals surface area contributed by atoms with Crippen LogP contribution in [0.4, 0.5) is 17.5 Å². The number of anilines is 3. The van der Waals surface area contributed by atoms with Gasteiger partial charge in [0.05, 0.1) is 5.39 Å². The van der Waals surface area contributed by atoms with Crippen molar-refractivity contribution in [3.63, 3.8) is 0 Å². The first kappa shape index (κ1) is 25.1. The average Bonchev–Trinajstić information content (AvgIpc) is 2.81. The van der Waals surface area contributed by atoms with E-state index in [1.807, 2.05) is 18.9 Å². The molecule has 3 aromatic rings. The molecular formula is C23H27N7O5. The number of carbonyl (C=O) groups is 3. The summed E-state index contributed by atoms with van der Waals surface area (Å²) < 4.78 is 0. The third kappa shape index (κ3) is 5.91. The number of hydrogen-bond acceptors (Lipinski definition) is 9. The molecule has 0 bridgehead atoms. The number of fused-ring (bicyclic) bond motifs is 1. The molecule has 1 amide bonds. The van der Waals surface area contributed by atoms with E-state index in [0.29, 0.717) is 24.0 Å². The molecule has 0 saturated heterocycles. The molecule has 0 aliphatic heterocycles. The fourth-order valence-corrected chi connectivity index (χ4v) is 3.76. The highest BCUT2D eigenvalue weighted by atomic mass is 16.4. The Balaban J connectivity index is 1.75. The van der Waals surface area contributed by atoms with Crippen LogP contribution in [0.3, 0.4) is 0 Å². The Morgan fingerprint density at radius 1 is 1.11 bits per heavy atom. The van der Waals surface area contributed by atoms with E-state index in [0.717, 1.165) is 16.8 Å². The van der Waals surface area contributed by atoms with Gasteiger partial charge in [-0.1, -0.05) is 6.92 Å². The van der Waals surface area contributed by atoms with Crippen molar-refractivity contribution in [3.05, 3.63) is 47.2 Å². The molecule has 1 atom stereocenters. The third-order valence-electron chi connectivity index (χ3n) is 5.55. The van der Waals surface area contributed by atoms with Gasteiger partial charge in [-0.05, 0) is 48.2 Å². The Kier molecular flexibility index (Phi) is 7.64. The molecular weight excluding hydrogens is 454 g/mol. The summed E-state index contributed by atoms with van der Waals surface area (Å²) in [5, 5.41) is 21.0. The molecule has 35 heavy (non-hydrogen) atoms. The van der Waals surface area contributed by atoms with Crippen molar-refractivity contribution in [1.29, 1.82) is 0 Å². The lowest BCUT2D eigenvalue weighted by Crippen LogP contribution is -2.41. The monoisotopic (exact) mass is 481 g/mol. The van der Waals surface area contributed by atoms with Crippen molar-refractivity contribution in [2.75, 3.05) is 23.4 Å². The molecule has 0 spiro atoms. The van der Waals surface area contributed by atoms with Gasteiger partial charge in [-0.25, -0.2) is 9.78 Å². The largest absolute Gasteiger partial charge is 0.481 e. The van der Waals surface area contributed by atoms with E-state index in [9.17, 15) is 19.5 Å². The highest BCUT2D eigenvalue weighted by Gasteiger charge is 2.22. The van der Waals surface area contributed by atoms with Gasteiger partial charge in [-0.2, -0.15) is 9.97 Å². The lowest BCUT2D eigenvalue weighted by atomic mass is 10.0. The second-order valence-corrected chi connectivity index (χ2v) is 7.98. The SMILES string of the molecule is CCc1c(CN(C)c2ccc(C(=O)N[C@@H](CCC(=O)O)C(=O)O)cc2)cnc2nc(N)nc(N)c12. The maximum atomic E-state index is 12.5. The smallest absolute Gasteiger partial charge is 0.326 e. The molecule has 0 saturated carbocycles. The summed E-state index contributed by atoms with van der Waals surface area (Å²) in [7, 11) is 1.88. The minimum absolute atomic E-state index is 0.0649. The van der Waals surface area contributed by atoms with Crippen molar-refractivity contribution < 1.29 is 24.6 Å². The summed E-state index contributed by atoms with van der Waals surface area (Å²) in [6.07, 6.45) is 1.84. The molecule has 0 fully saturated rings. The quantitative estimate of drug-likeness (QED) is 0.281. The average molecular weight is 482 g/mol. The van der Waals surface area contributed by atoms with E-state index in [1.54, 1.807) is 30.5 Å². The van der Waals surface area contributed by atoms with Crippen molar-refractivity contribution in [3.8, 4) is 0 Å². The fraction of sp³-hybridized carbons (Fsp3) is 0.304. The van der Waals surface area contributed by atoms with Gasteiger partial charge in [0, 0.05) is 37.5 Å². The number of carboxylic acid groups (broad SMARTS) is 2. The Bertz CT molecular complexity index is 1260. The first-order chi connectivity index (χ1) is 16.6. The highest BCUT2D eigenvalue weighted by molar-refractivity contribution is 5.97. The minimum Gasteiger partial charge on any atom is -0.481 e. The van der Waals surface area contributed by atoms with E-state index in [4.69, 9.17) is 16.6 Å². The first-order valence-electron chi connectivity index (χ1n) is 10.9. The number of carboxylic acids is 2. The Labute approximate surface area is 201 Å². The predicted molar refractivity (Wildman–Crippen MR) is 130 cm³/mol. The maximum Gasteiger partial charge on any atom is 0.326 e. The number of amides is 1. The van der Waals surface area contributed by atoms with E-state index in [2.05, 4.69) is 20.3 Å². The minimum atomic E-state index is -1.29. The van der Waals surface area contributed by atoms with Crippen molar-refractivity contribution >= 4 is 46.3 Å². The Morgan fingerprint density at radius 3 is 2.40 bits per heavy atom. The Morgan fingerprint density at radius 2 is 1.80 bits per heavy atom. The molecule has 3 rings (SSSR count). The van der Waals surface area contributed by atoms with Crippen LogP contribution < -0.4 is 21.7 Å². The molecule has 2 heterocycles. The van der Waals surface area contributed by atoms with Crippen molar-refractivity contribution in [2.45, 2.75) is 38.8 Å². The molecule has 12 heteroatoms. The summed E-state index contributed by atoms with van der Waals surface area (Å²) in [5.41, 5.74) is 15.2. The number of nitrogens with one attached hydrogen (secondary N) is 1. The van der Waals surface area contributed by atoms with Gasteiger partial charge in [0.25, 0.3) is 5.91 Å². The van der Waals surface area contributed by atoms with Gasteiger partial charge in [-0.3, -0.25) is 9.59 Å². The van der Waals surface area contributed by atoms with Crippen LogP contribution in [0, 0.1) is 0 Å².